The highest BCUT2D eigenvalue weighted by Crippen LogP contribution is 2.30. The zero-order chi connectivity index (χ0) is 39.0. The topological polar surface area (TPSA) is 128 Å². The second kappa shape index (κ2) is 18.1. The van der Waals surface area contributed by atoms with Gasteiger partial charge < -0.3 is 15.1 Å². The van der Waals surface area contributed by atoms with Gasteiger partial charge in [0.1, 0.15) is 5.69 Å². The van der Waals surface area contributed by atoms with Crippen molar-refractivity contribution in [2.75, 3.05) is 62.8 Å². The summed E-state index contributed by atoms with van der Waals surface area (Å²) in [5.41, 5.74) is 4.42. The van der Waals surface area contributed by atoms with Gasteiger partial charge in [-0.1, -0.05) is 66.2 Å². The number of nitro benzene ring substituents is 1. The molecule has 14 heteroatoms. The quantitative estimate of drug-likeness (QED) is 0.0625. The molecule has 11 nitrogen and oxygen atoms in total. The van der Waals surface area contributed by atoms with Gasteiger partial charge in [0.2, 0.25) is 0 Å². The Kier molecular flexibility index (Phi) is 13.1. The van der Waals surface area contributed by atoms with Crippen LogP contribution in [0.25, 0.3) is 11.1 Å². The normalized spacial score (nSPS) is 14.1. The smallest absolute Gasteiger partial charge is 0.293 e. The van der Waals surface area contributed by atoms with E-state index in [-0.39, 0.29) is 22.2 Å². The summed E-state index contributed by atoms with van der Waals surface area (Å²) in [6.07, 6.45) is 0. The van der Waals surface area contributed by atoms with Crippen molar-refractivity contribution in [3.05, 3.63) is 148 Å². The molecule has 0 radical (unpaired) electrons. The molecule has 0 spiro atoms. The summed E-state index contributed by atoms with van der Waals surface area (Å²) in [7, 11) is -0.601. The molecule has 6 rings (SSSR count). The van der Waals surface area contributed by atoms with Crippen LogP contribution in [-0.2, 0) is 16.6 Å². The van der Waals surface area contributed by atoms with Crippen LogP contribution in [-0.4, -0.2) is 87.7 Å². The molecule has 1 atom stereocenters. The molecule has 5 aromatic carbocycles. The van der Waals surface area contributed by atoms with Crippen LogP contribution < -0.4 is 14.9 Å². The van der Waals surface area contributed by atoms with Gasteiger partial charge in [-0.15, -0.1) is 11.8 Å². The van der Waals surface area contributed by atoms with E-state index in [1.54, 1.807) is 36.0 Å². The minimum atomic E-state index is -4.43. The first-order valence-corrected chi connectivity index (χ1v) is 20.7. The molecule has 2 N–H and O–H groups in total. The standard InChI is InChI=1S/C41H43ClN6O5S2/c1-45(2)28-34(29-54-36-9-4-3-5-10-36)43-39-21-20-37(26-40(39)48(50)51)55(52,53)44-41(49)31-14-18-35(19-15-31)47-24-22-46(23-25-47)27-32-8-6-7-11-38(32)30-12-16-33(42)17-13-30/h3-21,26,34,43H,22-25,27-29H2,1-2H3,(H,44,49)/t34-/m1/s1. The van der Waals surface area contributed by atoms with Crippen LogP contribution in [0.3, 0.4) is 0 Å². The number of carbonyl (C=O) groups excluding carboxylic acids is 1. The van der Waals surface area contributed by atoms with Crippen LogP contribution in [0.1, 0.15) is 15.9 Å². The molecule has 0 bridgehead atoms. The lowest BCUT2D eigenvalue weighted by Crippen LogP contribution is -2.46. The number of piperazine rings is 1. The summed E-state index contributed by atoms with van der Waals surface area (Å²) in [6.45, 7) is 4.66. The summed E-state index contributed by atoms with van der Waals surface area (Å²) in [5, 5.41) is 16.1. The maximum absolute atomic E-state index is 13.3. The Morgan fingerprint density at radius 1 is 0.891 bits per heavy atom. The third-order valence-electron chi connectivity index (χ3n) is 9.28. The number of hydrogen-bond donors (Lipinski definition) is 2. The Hall–Kier alpha value is -4.92. The number of halogens is 1. The van der Waals surface area contributed by atoms with Crippen LogP contribution >= 0.6 is 23.4 Å². The molecule has 1 fully saturated rings. The average Bonchev–Trinajstić information content (AvgIpc) is 3.18. The van der Waals surface area contributed by atoms with Gasteiger partial charge >= 0.3 is 0 Å². The maximum Gasteiger partial charge on any atom is 0.293 e. The van der Waals surface area contributed by atoms with Gasteiger partial charge in [0.15, 0.2) is 0 Å². The van der Waals surface area contributed by atoms with E-state index in [4.69, 9.17) is 11.6 Å². The fourth-order valence-electron chi connectivity index (χ4n) is 6.50. The number of nitro groups is 1. The average molecular weight is 799 g/mol. The predicted octanol–water partition coefficient (Wildman–Crippen LogP) is 7.49. The Morgan fingerprint density at radius 2 is 1.56 bits per heavy atom. The largest absolute Gasteiger partial charge is 0.375 e. The lowest BCUT2D eigenvalue weighted by atomic mass is 9.99. The molecule has 5 aromatic rings. The Morgan fingerprint density at radius 3 is 2.24 bits per heavy atom. The van der Waals surface area contributed by atoms with Gasteiger partial charge in [0.05, 0.1) is 9.82 Å². The lowest BCUT2D eigenvalue weighted by Gasteiger charge is -2.36. The van der Waals surface area contributed by atoms with Crippen LogP contribution in [0, 0.1) is 10.1 Å². The number of anilines is 2. The van der Waals surface area contributed by atoms with Crippen molar-refractivity contribution in [1.82, 2.24) is 14.5 Å². The summed E-state index contributed by atoms with van der Waals surface area (Å²) in [6, 6.07) is 36.3. The number of likely N-dealkylation sites (N-methyl/N-ethyl adjacent to an activating group) is 1. The zero-order valence-electron chi connectivity index (χ0n) is 30.6. The molecule has 1 heterocycles. The molecular weight excluding hydrogens is 756 g/mol. The molecule has 0 saturated carbocycles. The number of benzene rings is 5. The summed E-state index contributed by atoms with van der Waals surface area (Å²) >= 11 is 7.73. The van der Waals surface area contributed by atoms with Gasteiger partial charge in [-0.05, 0) is 91.4 Å². The van der Waals surface area contributed by atoms with E-state index in [1.807, 2.05) is 79.7 Å². The molecule has 286 valence electrons. The van der Waals surface area contributed by atoms with Crippen molar-refractivity contribution in [2.24, 2.45) is 0 Å². The molecule has 0 aromatic heterocycles. The molecule has 1 aliphatic rings. The molecule has 0 aliphatic carbocycles. The van der Waals surface area contributed by atoms with Crippen LogP contribution in [0.15, 0.2) is 131 Å². The van der Waals surface area contributed by atoms with Crippen molar-refractivity contribution in [1.29, 1.82) is 0 Å². The van der Waals surface area contributed by atoms with Crippen LogP contribution in [0.2, 0.25) is 5.02 Å². The van der Waals surface area contributed by atoms with E-state index in [9.17, 15) is 23.3 Å². The lowest BCUT2D eigenvalue weighted by molar-refractivity contribution is -0.384. The molecule has 1 amide bonds. The molecule has 1 saturated heterocycles. The highest BCUT2D eigenvalue weighted by atomic mass is 35.5. The maximum atomic E-state index is 13.3. The van der Waals surface area contributed by atoms with Crippen molar-refractivity contribution in [2.45, 2.75) is 22.4 Å². The minimum absolute atomic E-state index is 0.153. The number of nitrogens with one attached hydrogen (secondary N) is 2. The van der Waals surface area contributed by atoms with Gasteiger partial charge in [-0.25, -0.2) is 13.1 Å². The summed E-state index contributed by atoms with van der Waals surface area (Å²) < 4.78 is 28.7. The third-order valence-corrected chi connectivity index (χ3v) is 12.0. The number of sulfonamides is 1. The first-order valence-electron chi connectivity index (χ1n) is 17.8. The Bertz CT molecular complexity index is 2200. The molecule has 0 unspecified atom stereocenters. The van der Waals surface area contributed by atoms with Gasteiger partial charge in [0.25, 0.3) is 21.6 Å². The van der Waals surface area contributed by atoms with E-state index < -0.39 is 26.5 Å². The Balaban J connectivity index is 1.06. The van der Waals surface area contributed by atoms with Gasteiger partial charge in [-0.3, -0.25) is 19.8 Å². The van der Waals surface area contributed by atoms with Crippen molar-refractivity contribution in [3.8, 4) is 11.1 Å². The molecule has 1 aliphatic heterocycles. The zero-order valence-corrected chi connectivity index (χ0v) is 33.0. The fourth-order valence-corrected chi connectivity index (χ4v) is 8.56. The van der Waals surface area contributed by atoms with Crippen molar-refractivity contribution < 1.29 is 18.1 Å². The highest BCUT2D eigenvalue weighted by molar-refractivity contribution is 7.99. The SMILES string of the molecule is CN(C)C[C@H](CSc1ccccc1)Nc1ccc(S(=O)(=O)NC(=O)c2ccc(N3CCN(Cc4ccccc4-c4ccc(Cl)cc4)CC3)cc2)cc1[N+](=O)[O-]. The first-order chi connectivity index (χ1) is 26.4. The first kappa shape index (κ1) is 39.8. The Labute approximate surface area is 331 Å². The van der Waals surface area contributed by atoms with Gasteiger partial charge in [-0.2, -0.15) is 0 Å². The second-order valence-corrected chi connectivity index (χ2v) is 16.8. The van der Waals surface area contributed by atoms with Crippen LogP contribution in [0.4, 0.5) is 17.1 Å². The van der Waals surface area contributed by atoms with E-state index in [1.165, 1.54) is 23.3 Å². The number of amides is 1. The van der Waals surface area contributed by atoms with E-state index in [0.717, 1.165) is 54.9 Å². The van der Waals surface area contributed by atoms with Crippen LogP contribution in [0.5, 0.6) is 0 Å². The van der Waals surface area contributed by atoms with Gasteiger partial charge in [0, 0.05) is 78.3 Å². The van der Waals surface area contributed by atoms with Crippen molar-refractivity contribution >= 4 is 56.4 Å². The molecule has 55 heavy (non-hydrogen) atoms. The number of hydrogen-bond acceptors (Lipinski definition) is 10. The third kappa shape index (κ3) is 10.6. The number of rotatable bonds is 15. The summed E-state index contributed by atoms with van der Waals surface area (Å²) in [5.74, 6) is -0.213. The monoisotopic (exact) mass is 798 g/mol. The second-order valence-electron chi connectivity index (χ2n) is 13.6. The number of nitrogens with zero attached hydrogens (tertiary/aromatic N) is 4. The number of carbonyl (C=O) groups is 1. The predicted molar refractivity (Wildman–Crippen MR) is 222 cm³/mol. The summed E-state index contributed by atoms with van der Waals surface area (Å²) in [4.78, 5) is 31.9. The van der Waals surface area contributed by atoms with Crippen molar-refractivity contribution in [3.63, 3.8) is 0 Å². The fraction of sp³-hybridized carbons (Fsp3) is 0.244. The van der Waals surface area contributed by atoms with E-state index >= 15 is 0 Å². The minimum Gasteiger partial charge on any atom is -0.375 e. The van der Waals surface area contributed by atoms with E-state index in [2.05, 4.69) is 38.0 Å². The highest BCUT2D eigenvalue weighted by Gasteiger charge is 2.26. The molecular formula is C41H43ClN6O5S2. The number of thioether (sulfide) groups is 1. The van der Waals surface area contributed by atoms with E-state index in [0.29, 0.717) is 17.3 Å².